The molecule has 1 aromatic heterocycles. The van der Waals surface area contributed by atoms with Crippen LogP contribution >= 0.6 is 0 Å². The molecule has 20 heavy (non-hydrogen) atoms. The van der Waals surface area contributed by atoms with Gasteiger partial charge in [-0.05, 0) is 19.1 Å². The van der Waals surface area contributed by atoms with Gasteiger partial charge in [0.1, 0.15) is 5.75 Å². The molecular formula is C13H12F2N2O3. The normalized spacial score (nSPS) is 10.6. The van der Waals surface area contributed by atoms with Crippen molar-refractivity contribution in [1.29, 1.82) is 0 Å². The predicted molar refractivity (Wildman–Crippen MR) is 66.2 cm³/mol. The average molecular weight is 282 g/mol. The molecule has 0 aliphatic rings. The van der Waals surface area contributed by atoms with Crippen LogP contribution < -0.4 is 4.74 Å². The minimum absolute atomic E-state index is 0.0192. The third-order valence-corrected chi connectivity index (χ3v) is 2.40. The Balaban J connectivity index is 2.21. The van der Waals surface area contributed by atoms with Gasteiger partial charge in [-0.2, -0.15) is 13.9 Å². The van der Waals surface area contributed by atoms with Crippen LogP contribution in [-0.2, 0) is 4.74 Å². The number of ether oxygens (including phenoxy) is 2. The van der Waals surface area contributed by atoms with Crippen molar-refractivity contribution in [3.8, 4) is 11.4 Å². The smallest absolute Gasteiger partial charge is 0.387 e. The quantitative estimate of drug-likeness (QED) is 0.791. The monoisotopic (exact) mass is 282 g/mol. The second-order valence-corrected chi connectivity index (χ2v) is 3.77. The van der Waals surface area contributed by atoms with Gasteiger partial charge in [-0.1, -0.05) is 6.07 Å². The number of carbonyl (C=O) groups is 1. The van der Waals surface area contributed by atoms with Gasteiger partial charge in [0, 0.05) is 12.3 Å². The van der Waals surface area contributed by atoms with Crippen molar-refractivity contribution in [1.82, 2.24) is 9.78 Å². The van der Waals surface area contributed by atoms with Gasteiger partial charge in [-0.25, -0.2) is 9.48 Å². The molecule has 2 rings (SSSR count). The number of esters is 1. The first-order valence-corrected chi connectivity index (χ1v) is 5.87. The van der Waals surface area contributed by atoms with Crippen LogP contribution in [0.3, 0.4) is 0 Å². The maximum atomic E-state index is 12.1. The molecule has 0 unspecified atom stereocenters. The number of halogens is 2. The molecule has 0 amide bonds. The first-order chi connectivity index (χ1) is 9.60. The zero-order chi connectivity index (χ0) is 14.5. The van der Waals surface area contributed by atoms with Crippen molar-refractivity contribution in [3.63, 3.8) is 0 Å². The third-order valence-electron chi connectivity index (χ3n) is 2.40. The summed E-state index contributed by atoms with van der Waals surface area (Å²) in [6.07, 6.45) is 2.80. The summed E-state index contributed by atoms with van der Waals surface area (Å²) in [4.78, 5) is 11.5. The summed E-state index contributed by atoms with van der Waals surface area (Å²) < 4.78 is 34.8. The van der Waals surface area contributed by atoms with E-state index < -0.39 is 12.6 Å². The van der Waals surface area contributed by atoms with E-state index in [2.05, 4.69) is 9.84 Å². The highest BCUT2D eigenvalue weighted by molar-refractivity contribution is 5.88. The Bertz CT molecular complexity index is 599. The maximum absolute atomic E-state index is 12.1. The van der Waals surface area contributed by atoms with Crippen LogP contribution in [0.15, 0.2) is 36.7 Å². The standard InChI is InChI=1S/C13H12F2N2O3/c1-2-19-12(18)9-7-16-17(8-9)10-4-3-5-11(6-10)20-13(14)15/h3-8,13H,2H2,1H3. The molecule has 106 valence electrons. The fourth-order valence-electron chi connectivity index (χ4n) is 1.59. The Morgan fingerprint density at radius 1 is 1.45 bits per heavy atom. The Kier molecular flexibility index (Phi) is 4.29. The molecule has 0 N–H and O–H groups in total. The van der Waals surface area contributed by atoms with E-state index in [-0.39, 0.29) is 17.9 Å². The highest BCUT2D eigenvalue weighted by Crippen LogP contribution is 2.18. The van der Waals surface area contributed by atoms with Crippen LogP contribution in [0, 0.1) is 0 Å². The van der Waals surface area contributed by atoms with Gasteiger partial charge in [0.25, 0.3) is 0 Å². The SMILES string of the molecule is CCOC(=O)c1cnn(-c2cccc(OC(F)F)c2)c1. The molecular weight excluding hydrogens is 270 g/mol. The number of rotatable bonds is 5. The Morgan fingerprint density at radius 3 is 2.95 bits per heavy atom. The average Bonchev–Trinajstić information content (AvgIpc) is 2.88. The summed E-state index contributed by atoms with van der Waals surface area (Å²) in [6, 6.07) is 6.01. The number of benzene rings is 1. The number of hydrogen-bond acceptors (Lipinski definition) is 4. The Hall–Kier alpha value is -2.44. The van der Waals surface area contributed by atoms with Gasteiger partial charge in [-0.15, -0.1) is 0 Å². The van der Waals surface area contributed by atoms with E-state index >= 15 is 0 Å². The summed E-state index contributed by atoms with van der Waals surface area (Å²) in [5.74, 6) is -0.468. The lowest BCUT2D eigenvalue weighted by atomic mass is 10.3. The van der Waals surface area contributed by atoms with Gasteiger partial charge in [0.05, 0.1) is 24.1 Å². The van der Waals surface area contributed by atoms with Gasteiger partial charge >= 0.3 is 12.6 Å². The van der Waals surface area contributed by atoms with Gasteiger partial charge < -0.3 is 9.47 Å². The Morgan fingerprint density at radius 2 is 2.25 bits per heavy atom. The number of aromatic nitrogens is 2. The summed E-state index contributed by atoms with van der Waals surface area (Å²) in [6.45, 7) is -0.923. The van der Waals surface area contributed by atoms with E-state index in [9.17, 15) is 13.6 Å². The fourth-order valence-corrected chi connectivity index (χ4v) is 1.59. The van der Waals surface area contributed by atoms with E-state index in [1.54, 1.807) is 19.1 Å². The van der Waals surface area contributed by atoms with Crippen molar-refractivity contribution >= 4 is 5.97 Å². The van der Waals surface area contributed by atoms with Crippen LogP contribution in [-0.4, -0.2) is 29.0 Å². The number of carbonyl (C=O) groups excluding carboxylic acids is 1. The highest BCUT2D eigenvalue weighted by atomic mass is 19.3. The molecule has 0 radical (unpaired) electrons. The molecule has 1 aromatic carbocycles. The molecule has 1 heterocycles. The number of alkyl halides is 2. The van der Waals surface area contributed by atoms with Crippen LogP contribution in [0.4, 0.5) is 8.78 Å². The number of hydrogen-bond donors (Lipinski definition) is 0. The maximum Gasteiger partial charge on any atom is 0.387 e. The summed E-state index contributed by atoms with van der Waals surface area (Å²) >= 11 is 0. The van der Waals surface area contributed by atoms with E-state index in [0.29, 0.717) is 5.69 Å². The minimum Gasteiger partial charge on any atom is -0.462 e. The predicted octanol–water partition coefficient (Wildman–Crippen LogP) is 2.65. The molecule has 0 fully saturated rings. The molecule has 0 bridgehead atoms. The van der Waals surface area contributed by atoms with Crippen molar-refractivity contribution < 1.29 is 23.0 Å². The minimum atomic E-state index is -2.89. The molecule has 0 saturated heterocycles. The highest BCUT2D eigenvalue weighted by Gasteiger charge is 2.11. The first kappa shape index (κ1) is 14.0. The lowest BCUT2D eigenvalue weighted by Crippen LogP contribution is -2.04. The zero-order valence-corrected chi connectivity index (χ0v) is 10.6. The molecule has 0 atom stereocenters. The second kappa shape index (κ2) is 6.14. The van der Waals surface area contributed by atoms with Crippen LogP contribution in [0.1, 0.15) is 17.3 Å². The molecule has 2 aromatic rings. The number of nitrogens with zero attached hydrogens (tertiary/aromatic N) is 2. The lowest BCUT2D eigenvalue weighted by molar-refractivity contribution is -0.0498. The molecule has 0 aliphatic heterocycles. The molecule has 0 saturated carbocycles. The largest absolute Gasteiger partial charge is 0.462 e. The molecule has 0 aliphatic carbocycles. The first-order valence-electron chi connectivity index (χ1n) is 5.87. The van der Waals surface area contributed by atoms with Crippen LogP contribution in [0.25, 0.3) is 5.69 Å². The van der Waals surface area contributed by atoms with Crippen molar-refractivity contribution in [2.45, 2.75) is 13.5 Å². The molecule has 5 nitrogen and oxygen atoms in total. The van der Waals surface area contributed by atoms with E-state index in [1.165, 1.54) is 29.2 Å². The van der Waals surface area contributed by atoms with Gasteiger partial charge in [0.15, 0.2) is 0 Å². The second-order valence-electron chi connectivity index (χ2n) is 3.77. The molecule has 0 spiro atoms. The Labute approximate surface area is 113 Å². The van der Waals surface area contributed by atoms with Crippen molar-refractivity contribution in [2.24, 2.45) is 0 Å². The summed E-state index contributed by atoms with van der Waals surface area (Å²) in [5.41, 5.74) is 0.783. The van der Waals surface area contributed by atoms with E-state index in [4.69, 9.17) is 4.74 Å². The van der Waals surface area contributed by atoms with E-state index in [1.807, 2.05) is 0 Å². The third kappa shape index (κ3) is 3.31. The fraction of sp³-hybridized carbons (Fsp3) is 0.231. The van der Waals surface area contributed by atoms with Gasteiger partial charge in [0.2, 0.25) is 0 Å². The topological polar surface area (TPSA) is 53.3 Å². The summed E-state index contributed by atoms with van der Waals surface area (Å²) in [7, 11) is 0. The molecule has 7 heteroatoms. The van der Waals surface area contributed by atoms with Crippen LogP contribution in [0.5, 0.6) is 5.75 Å². The lowest BCUT2D eigenvalue weighted by Gasteiger charge is -2.06. The zero-order valence-electron chi connectivity index (χ0n) is 10.6. The van der Waals surface area contributed by atoms with Crippen molar-refractivity contribution in [3.05, 3.63) is 42.2 Å². The summed E-state index contributed by atoms with van der Waals surface area (Å²) in [5, 5.41) is 3.98. The van der Waals surface area contributed by atoms with Crippen molar-refractivity contribution in [2.75, 3.05) is 6.61 Å². The van der Waals surface area contributed by atoms with Gasteiger partial charge in [-0.3, -0.25) is 0 Å². The van der Waals surface area contributed by atoms with Crippen LogP contribution in [0.2, 0.25) is 0 Å². The van der Waals surface area contributed by atoms with E-state index in [0.717, 1.165) is 0 Å².